The second kappa shape index (κ2) is 9.22. The van der Waals surface area contributed by atoms with E-state index >= 15 is 0 Å². The number of esters is 1. The van der Waals surface area contributed by atoms with E-state index < -0.39 is 5.97 Å². The van der Waals surface area contributed by atoms with Gasteiger partial charge in [-0.15, -0.1) is 0 Å². The number of hydrogen-bond donors (Lipinski definition) is 3. The highest BCUT2D eigenvalue weighted by molar-refractivity contribution is 5.98. The molecule has 2 aromatic carbocycles. The van der Waals surface area contributed by atoms with Crippen LogP contribution in [0.2, 0.25) is 0 Å². The number of nitrogens with two attached hydrogens (primary N) is 1. The van der Waals surface area contributed by atoms with Gasteiger partial charge in [0, 0.05) is 17.7 Å². The molecule has 0 saturated carbocycles. The number of carbonyl (C=O) groups excluding carboxylic acids is 2. The Morgan fingerprint density at radius 3 is 2.23 bits per heavy atom. The first kappa shape index (κ1) is 19.0. The summed E-state index contributed by atoms with van der Waals surface area (Å²) in [5, 5.41) is 10.2. The van der Waals surface area contributed by atoms with Crippen LogP contribution in [0, 0.1) is 5.41 Å². The second-order valence-electron chi connectivity index (χ2n) is 5.51. The Balaban J connectivity index is 1.79. The number of rotatable bonds is 8. The number of nitrogens with one attached hydrogen (secondary N) is 2. The lowest BCUT2D eigenvalue weighted by molar-refractivity contribution is -0.142. The van der Waals surface area contributed by atoms with Crippen molar-refractivity contribution in [1.29, 1.82) is 5.41 Å². The van der Waals surface area contributed by atoms with Gasteiger partial charge in [-0.2, -0.15) is 0 Å². The largest absolute Gasteiger partial charge is 0.482 e. The fourth-order valence-corrected chi connectivity index (χ4v) is 2.18. The summed E-state index contributed by atoms with van der Waals surface area (Å²) in [6.07, 6.45) is 0.661. The van der Waals surface area contributed by atoms with Crippen LogP contribution in [-0.2, 0) is 16.0 Å². The smallest absolute Gasteiger partial charge is 0.343 e. The van der Waals surface area contributed by atoms with Crippen molar-refractivity contribution in [3.05, 3.63) is 65.2 Å². The summed E-state index contributed by atoms with van der Waals surface area (Å²) in [7, 11) is 1.31. The van der Waals surface area contributed by atoms with E-state index in [1.54, 1.807) is 36.4 Å². The van der Waals surface area contributed by atoms with Crippen molar-refractivity contribution < 1.29 is 19.1 Å². The molecule has 0 heterocycles. The van der Waals surface area contributed by atoms with Gasteiger partial charge in [-0.1, -0.05) is 24.3 Å². The van der Waals surface area contributed by atoms with E-state index in [4.69, 9.17) is 15.9 Å². The van der Waals surface area contributed by atoms with E-state index in [1.165, 1.54) is 7.11 Å². The monoisotopic (exact) mass is 355 g/mol. The van der Waals surface area contributed by atoms with Crippen molar-refractivity contribution in [1.82, 2.24) is 5.32 Å². The zero-order chi connectivity index (χ0) is 18.9. The van der Waals surface area contributed by atoms with Gasteiger partial charge in [-0.3, -0.25) is 10.2 Å². The lowest BCUT2D eigenvalue weighted by Gasteiger charge is -2.08. The van der Waals surface area contributed by atoms with Crippen molar-refractivity contribution in [2.75, 3.05) is 20.3 Å². The normalized spacial score (nSPS) is 10.0. The number of carbonyl (C=O) groups is 2. The van der Waals surface area contributed by atoms with E-state index in [9.17, 15) is 9.59 Å². The minimum atomic E-state index is -0.437. The quantitative estimate of drug-likeness (QED) is 0.377. The molecular formula is C19H21N3O4. The number of nitrogen functional groups attached to an aromatic ring is 1. The molecule has 7 heteroatoms. The van der Waals surface area contributed by atoms with Crippen LogP contribution in [0.25, 0.3) is 0 Å². The summed E-state index contributed by atoms with van der Waals surface area (Å²) < 4.78 is 9.78. The van der Waals surface area contributed by atoms with Gasteiger partial charge in [0.05, 0.1) is 7.11 Å². The number of methoxy groups -OCH3 is 1. The molecule has 0 aromatic heterocycles. The lowest BCUT2D eigenvalue weighted by Crippen LogP contribution is -2.25. The topological polar surface area (TPSA) is 114 Å². The Bertz CT molecular complexity index is 770. The fourth-order valence-electron chi connectivity index (χ4n) is 2.18. The molecule has 1 amide bonds. The minimum absolute atomic E-state index is 0.0315. The molecule has 0 atom stereocenters. The summed E-state index contributed by atoms with van der Waals surface area (Å²) in [4.78, 5) is 23.1. The van der Waals surface area contributed by atoms with Crippen LogP contribution in [0.4, 0.5) is 0 Å². The van der Waals surface area contributed by atoms with Gasteiger partial charge in [-0.25, -0.2) is 4.79 Å². The molecular weight excluding hydrogens is 334 g/mol. The van der Waals surface area contributed by atoms with Crippen LogP contribution in [-0.4, -0.2) is 38.0 Å². The molecule has 2 aromatic rings. The van der Waals surface area contributed by atoms with Crippen molar-refractivity contribution in [3.8, 4) is 5.75 Å². The molecule has 136 valence electrons. The SMILES string of the molecule is COC(=O)COc1ccc(CCNC(=O)c2ccc(C(=N)N)cc2)cc1. The molecule has 0 fully saturated rings. The summed E-state index contributed by atoms with van der Waals surface area (Å²) >= 11 is 0. The predicted octanol–water partition coefficient (Wildman–Crippen LogP) is 1.49. The maximum atomic E-state index is 12.1. The van der Waals surface area contributed by atoms with Gasteiger partial charge >= 0.3 is 5.97 Å². The molecule has 0 radical (unpaired) electrons. The molecule has 0 bridgehead atoms. The first-order chi connectivity index (χ1) is 12.5. The van der Waals surface area contributed by atoms with Crippen LogP contribution in [0.15, 0.2) is 48.5 Å². The third kappa shape index (κ3) is 5.62. The third-order valence-corrected chi connectivity index (χ3v) is 3.67. The van der Waals surface area contributed by atoms with Gasteiger partial charge < -0.3 is 20.5 Å². The van der Waals surface area contributed by atoms with Crippen molar-refractivity contribution >= 4 is 17.7 Å². The number of benzene rings is 2. The highest BCUT2D eigenvalue weighted by atomic mass is 16.6. The van der Waals surface area contributed by atoms with E-state index in [-0.39, 0.29) is 18.3 Å². The Labute approximate surface area is 151 Å². The zero-order valence-corrected chi connectivity index (χ0v) is 14.5. The fraction of sp³-hybridized carbons (Fsp3) is 0.211. The number of amidine groups is 1. The molecule has 4 N–H and O–H groups in total. The molecule has 26 heavy (non-hydrogen) atoms. The predicted molar refractivity (Wildman–Crippen MR) is 97.4 cm³/mol. The number of hydrogen-bond acceptors (Lipinski definition) is 5. The minimum Gasteiger partial charge on any atom is -0.482 e. The third-order valence-electron chi connectivity index (χ3n) is 3.67. The first-order valence-electron chi connectivity index (χ1n) is 8.01. The molecule has 0 aliphatic rings. The van der Waals surface area contributed by atoms with Crippen molar-refractivity contribution in [3.63, 3.8) is 0 Å². The van der Waals surface area contributed by atoms with Gasteiger partial charge in [0.2, 0.25) is 0 Å². The van der Waals surface area contributed by atoms with Crippen LogP contribution in [0.1, 0.15) is 21.5 Å². The number of ether oxygens (including phenoxy) is 2. The highest BCUT2D eigenvalue weighted by Crippen LogP contribution is 2.12. The van der Waals surface area contributed by atoms with Gasteiger partial charge in [-0.05, 0) is 36.2 Å². The standard InChI is InChI=1S/C19H21N3O4/c1-25-17(23)12-26-16-8-2-13(3-9-16)10-11-22-19(24)15-6-4-14(5-7-15)18(20)21/h2-9H,10-12H2,1H3,(H3,20,21)(H,22,24). The number of amides is 1. The maximum Gasteiger partial charge on any atom is 0.343 e. The average molecular weight is 355 g/mol. The maximum absolute atomic E-state index is 12.1. The molecule has 0 spiro atoms. The van der Waals surface area contributed by atoms with Gasteiger partial charge in [0.1, 0.15) is 11.6 Å². The molecule has 2 rings (SSSR count). The lowest BCUT2D eigenvalue weighted by atomic mass is 10.1. The van der Waals surface area contributed by atoms with Crippen LogP contribution >= 0.6 is 0 Å². The highest BCUT2D eigenvalue weighted by Gasteiger charge is 2.06. The Kier molecular flexibility index (Phi) is 6.73. The summed E-state index contributed by atoms with van der Waals surface area (Å²) in [6, 6.07) is 13.8. The van der Waals surface area contributed by atoms with E-state index in [0.29, 0.717) is 29.8 Å². The van der Waals surface area contributed by atoms with E-state index in [0.717, 1.165) is 5.56 Å². The van der Waals surface area contributed by atoms with Gasteiger partial charge in [0.25, 0.3) is 5.91 Å². The van der Waals surface area contributed by atoms with Gasteiger partial charge in [0.15, 0.2) is 6.61 Å². The summed E-state index contributed by atoms with van der Waals surface area (Å²) in [5.74, 6) is -0.0732. The molecule has 0 saturated heterocycles. The Morgan fingerprint density at radius 2 is 1.65 bits per heavy atom. The Hall–Kier alpha value is -3.35. The zero-order valence-electron chi connectivity index (χ0n) is 14.5. The Morgan fingerprint density at radius 1 is 1.04 bits per heavy atom. The molecule has 0 aliphatic heterocycles. The van der Waals surface area contributed by atoms with Crippen LogP contribution in [0.5, 0.6) is 5.75 Å². The second-order valence-corrected chi connectivity index (χ2v) is 5.51. The van der Waals surface area contributed by atoms with Crippen LogP contribution < -0.4 is 15.8 Å². The summed E-state index contributed by atoms with van der Waals surface area (Å²) in [6.45, 7) is 0.351. The van der Waals surface area contributed by atoms with E-state index in [1.807, 2.05) is 12.1 Å². The van der Waals surface area contributed by atoms with E-state index in [2.05, 4.69) is 10.1 Å². The van der Waals surface area contributed by atoms with Crippen LogP contribution in [0.3, 0.4) is 0 Å². The molecule has 0 unspecified atom stereocenters. The average Bonchev–Trinajstić information content (AvgIpc) is 2.67. The molecule has 7 nitrogen and oxygen atoms in total. The molecule has 0 aliphatic carbocycles. The first-order valence-corrected chi connectivity index (χ1v) is 8.01. The van der Waals surface area contributed by atoms with Crippen molar-refractivity contribution in [2.45, 2.75) is 6.42 Å². The summed E-state index contributed by atoms with van der Waals surface area (Å²) in [5.41, 5.74) is 7.51. The van der Waals surface area contributed by atoms with Crippen molar-refractivity contribution in [2.24, 2.45) is 5.73 Å².